The molecule has 0 saturated carbocycles. The molecule has 19 heavy (non-hydrogen) atoms. The molecule has 2 saturated heterocycles. The topological polar surface area (TPSA) is 18.5 Å². The Bertz CT molecular complexity index is 389. The summed E-state index contributed by atoms with van der Waals surface area (Å²) in [4.78, 5) is 4.94. The molecule has 0 atom stereocenters. The number of nitrogens with zero attached hydrogens (tertiary/aromatic N) is 2. The first kappa shape index (κ1) is 13.1. The van der Waals surface area contributed by atoms with E-state index in [0.29, 0.717) is 0 Å². The first-order valence-electron chi connectivity index (χ1n) is 7.52. The minimum atomic E-state index is 0.771. The number of rotatable bonds is 4. The van der Waals surface area contributed by atoms with Gasteiger partial charge in [-0.1, -0.05) is 24.3 Å². The summed E-state index contributed by atoms with van der Waals surface area (Å²) in [6, 6.07) is 9.33. The summed E-state index contributed by atoms with van der Waals surface area (Å²) in [5, 5.41) is 3.40. The Morgan fingerprint density at radius 3 is 2.42 bits per heavy atom. The van der Waals surface area contributed by atoms with Crippen LogP contribution in [0, 0.1) is 0 Å². The first-order chi connectivity index (χ1) is 9.31. The number of piperazine rings is 1. The molecular formula is C16H25N3. The molecule has 3 heteroatoms. The molecule has 0 radical (unpaired) electrons. The largest absolute Gasteiger partial charge is 0.314 e. The van der Waals surface area contributed by atoms with Crippen LogP contribution < -0.4 is 5.32 Å². The summed E-state index contributed by atoms with van der Waals surface area (Å²) < 4.78 is 0. The molecule has 1 N–H and O–H groups in total. The number of hydrogen-bond acceptors (Lipinski definition) is 3. The summed E-state index contributed by atoms with van der Waals surface area (Å²) in [5.41, 5.74) is 3.00. The minimum Gasteiger partial charge on any atom is -0.314 e. The van der Waals surface area contributed by atoms with Crippen molar-refractivity contribution in [3.63, 3.8) is 0 Å². The second-order valence-electron chi connectivity index (χ2n) is 6.00. The van der Waals surface area contributed by atoms with Crippen LogP contribution in [0.25, 0.3) is 0 Å². The van der Waals surface area contributed by atoms with E-state index in [9.17, 15) is 0 Å². The summed E-state index contributed by atoms with van der Waals surface area (Å²) in [5.74, 6) is 0.771. The van der Waals surface area contributed by atoms with Crippen LogP contribution in [0.4, 0.5) is 0 Å². The predicted octanol–water partition coefficient (Wildman–Crippen LogP) is 1.16. The molecule has 0 unspecified atom stereocenters. The summed E-state index contributed by atoms with van der Waals surface area (Å²) in [7, 11) is 2.19. The van der Waals surface area contributed by atoms with E-state index in [1.54, 1.807) is 0 Å². The van der Waals surface area contributed by atoms with Crippen LogP contribution in [0.2, 0.25) is 0 Å². The molecule has 0 bridgehead atoms. The molecule has 2 fully saturated rings. The van der Waals surface area contributed by atoms with Gasteiger partial charge < -0.3 is 15.1 Å². The lowest BCUT2D eigenvalue weighted by Crippen LogP contribution is -2.44. The van der Waals surface area contributed by atoms with E-state index in [0.717, 1.165) is 19.0 Å². The van der Waals surface area contributed by atoms with Gasteiger partial charge in [-0.3, -0.25) is 0 Å². The summed E-state index contributed by atoms with van der Waals surface area (Å²) in [6.45, 7) is 8.34. The summed E-state index contributed by atoms with van der Waals surface area (Å²) >= 11 is 0. The lowest BCUT2D eigenvalue weighted by atomic mass is 9.91. The van der Waals surface area contributed by atoms with E-state index in [-0.39, 0.29) is 0 Å². The maximum atomic E-state index is 3.40. The molecule has 0 amide bonds. The third-order valence-electron chi connectivity index (χ3n) is 4.44. The Hall–Kier alpha value is -0.900. The highest BCUT2D eigenvalue weighted by Crippen LogP contribution is 2.25. The summed E-state index contributed by atoms with van der Waals surface area (Å²) in [6.07, 6.45) is 1.19. The Labute approximate surface area is 116 Å². The van der Waals surface area contributed by atoms with Gasteiger partial charge in [0.2, 0.25) is 0 Å². The van der Waals surface area contributed by atoms with Gasteiger partial charge in [0.05, 0.1) is 0 Å². The van der Waals surface area contributed by atoms with Crippen LogP contribution in [-0.2, 0) is 6.42 Å². The van der Waals surface area contributed by atoms with Crippen molar-refractivity contribution in [2.24, 2.45) is 0 Å². The monoisotopic (exact) mass is 259 g/mol. The van der Waals surface area contributed by atoms with Gasteiger partial charge in [-0.05, 0) is 24.6 Å². The Morgan fingerprint density at radius 1 is 1.11 bits per heavy atom. The third kappa shape index (κ3) is 3.35. The number of likely N-dealkylation sites (tertiary alicyclic amines) is 1. The first-order valence-corrected chi connectivity index (χ1v) is 7.52. The lowest BCUT2D eigenvalue weighted by molar-refractivity contribution is 0.190. The fraction of sp³-hybridized carbons (Fsp3) is 0.625. The fourth-order valence-corrected chi connectivity index (χ4v) is 3.09. The van der Waals surface area contributed by atoms with Gasteiger partial charge >= 0.3 is 0 Å². The molecule has 0 aromatic heterocycles. The van der Waals surface area contributed by atoms with Gasteiger partial charge in [0.15, 0.2) is 0 Å². The van der Waals surface area contributed by atoms with Crippen LogP contribution in [0.1, 0.15) is 17.0 Å². The van der Waals surface area contributed by atoms with Gasteiger partial charge in [0.1, 0.15) is 0 Å². The van der Waals surface area contributed by atoms with E-state index in [1.807, 2.05) is 0 Å². The zero-order valence-corrected chi connectivity index (χ0v) is 11.9. The molecule has 2 aliphatic rings. The maximum absolute atomic E-state index is 3.40. The predicted molar refractivity (Wildman–Crippen MR) is 79.7 cm³/mol. The zero-order valence-electron chi connectivity index (χ0n) is 11.9. The van der Waals surface area contributed by atoms with E-state index in [2.05, 4.69) is 46.4 Å². The molecule has 2 heterocycles. The Kier molecular flexibility index (Phi) is 4.16. The van der Waals surface area contributed by atoms with Gasteiger partial charge in [-0.15, -0.1) is 0 Å². The molecule has 0 spiro atoms. The average molecular weight is 259 g/mol. The highest BCUT2D eigenvalue weighted by molar-refractivity contribution is 5.27. The third-order valence-corrected chi connectivity index (χ3v) is 4.44. The number of nitrogens with one attached hydrogen (secondary N) is 1. The van der Waals surface area contributed by atoms with Gasteiger partial charge in [-0.2, -0.15) is 0 Å². The number of likely N-dealkylation sites (N-methyl/N-ethyl adjacent to an activating group) is 1. The van der Waals surface area contributed by atoms with Crippen LogP contribution >= 0.6 is 0 Å². The lowest BCUT2D eigenvalue weighted by Gasteiger charge is -2.36. The molecule has 3 rings (SSSR count). The van der Waals surface area contributed by atoms with Crippen molar-refractivity contribution in [1.82, 2.24) is 15.1 Å². The van der Waals surface area contributed by atoms with Crippen molar-refractivity contribution >= 4 is 0 Å². The van der Waals surface area contributed by atoms with Crippen molar-refractivity contribution in [1.29, 1.82) is 0 Å². The van der Waals surface area contributed by atoms with Crippen LogP contribution in [0.3, 0.4) is 0 Å². The van der Waals surface area contributed by atoms with Crippen molar-refractivity contribution < 1.29 is 0 Å². The van der Waals surface area contributed by atoms with E-state index in [1.165, 1.54) is 50.3 Å². The van der Waals surface area contributed by atoms with Crippen molar-refractivity contribution in [3.05, 3.63) is 35.4 Å². The Balaban J connectivity index is 1.48. The quantitative estimate of drug-likeness (QED) is 0.875. The van der Waals surface area contributed by atoms with Crippen molar-refractivity contribution in [2.45, 2.75) is 12.3 Å². The van der Waals surface area contributed by atoms with E-state index in [4.69, 9.17) is 0 Å². The standard InChI is InChI=1S/C16H25N3/c1-18-12-16(13-18)15-4-2-14(3-5-15)6-9-19-10-7-17-8-11-19/h2-5,16-17H,6-13H2,1H3. The molecule has 2 aliphatic heterocycles. The second kappa shape index (κ2) is 6.04. The van der Waals surface area contributed by atoms with Crippen molar-refractivity contribution in [3.8, 4) is 0 Å². The second-order valence-corrected chi connectivity index (χ2v) is 6.00. The van der Waals surface area contributed by atoms with Crippen LogP contribution in [0.15, 0.2) is 24.3 Å². The SMILES string of the molecule is CN1CC(c2ccc(CCN3CCNCC3)cc2)C1. The molecule has 1 aromatic carbocycles. The molecular weight excluding hydrogens is 234 g/mol. The Morgan fingerprint density at radius 2 is 1.79 bits per heavy atom. The van der Waals surface area contributed by atoms with E-state index < -0.39 is 0 Å². The normalized spacial score (nSPS) is 22.4. The average Bonchev–Trinajstić information content (AvgIpc) is 2.44. The minimum absolute atomic E-state index is 0.771. The highest BCUT2D eigenvalue weighted by Gasteiger charge is 2.24. The number of benzene rings is 1. The van der Waals surface area contributed by atoms with E-state index >= 15 is 0 Å². The van der Waals surface area contributed by atoms with Gasteiger partial charge in [-0.25, -0.2) is 0 Å². The molecule has 0 aliphatic carbocycles. The maximum Gasteiger partial charge on any atom is 0.0108 e. The number of hydrogen-bond donors (Lipinski definition) is 1. The molecule has 3 nitrogen and oxygen atoms in total. The zero-order chi connectivity index (χ0) is 13.1. The highest BCUT2D eigenvalue weighted by atomic mass is 15.2. The fourth-order valence-electron chi connectivity index (χ4n) is 3.09. The molecule has 1 aromatic rings. The van der Waals surface area contributed by atoms with Gasteiger partial charge in [0.25, 0.3) is 0 Å². The van der Waals surface area contributed by atoms with Gasteiger partial charge in [0, 0.05) is 51.7 Å². The van der Waals surface area contributed by atoms with Crippen LogP contribution in [0.5, 0.6) is 0 Å². The van der Waals surface area contributed by atoms with Crippen LogP contribution in [-0.4, -0.2) is 62.7 Å². The molecule has 104 valence electrons. The van der Waals surface area contributed by atoms with Crippen molar-refractivity contribution in [2.75, 3.05) is 52.9 Å². The smallest absolute Gasteiger partial charge is 0.0108 e.